The molecule has 0 radical (unpaired) electrons. The van der Waals surface area contributed by atoms with Crippen LogP contribution >= 0.6 is 11.6 Å². The third kappa shape index (κ3) is 4.42. The Bertz CT molecular complexity index is 766. The van der Waals surface area contributed by atoms with Crippen LogP contribution in [0.15, 0.2) is 30.5 Å². The Balaban J connectivity index is 1.94. The molecule has 0 saturated heterocycles. The lowest BCUT2D eigenvalue weighted by atomic mass is 10.0. The molecule has 0 atom stereocenters. The van der Waals surface area contributed by atoms with Crippen LogP contribution < -0.4 is 10.6 Å². The lowest BCUT2D eigenvalue weighted by Crippen LogP contribution is -2.30. The van der Waals surface area contributed by atoms with Crippen LogP contribution in [0, 0.1) is 5.82 Å². The maximum Gasteiger partial charge on any atom is 0.320 e. The second-order valence-electron chi connectivity index (χ2n) is 4.97. The average Bonchev–Trinajstić information content (AvgIpc) is 2.52. The van der Waals surface area contributed by atoms with Crippen LogP contribution in [0.25, 0.3) is 0 Å². The average molecular weight is 352 g/mol. The van der Waals surface area contributed by atoms with Crippen LogP contribution in [0.4, 0.5) is 15.0 Å². The smallest absolute Gasteiger partial charge is 0.320 e. The Hall–Kier alpha value is -2.67. The second kappa shape index (κ2) is 7.74. The first-order valence-corrected chi connectivity index (χ1v) is 7.44. The van der Waals surface area contributed by atoms with E-state index in [4.69, 9.17) is 11.6 Å². The number of benzene rings is 1. The summed E-state index contributed by atoms with van der Waals surface area (Å²) < 4.78 is 13.8. The lowest BCUT2D eigenvalue weighted by molar-refractivity contribution is 0.101. The minimum absolute atomic E-state index is 0.0207. The number of phenols is 1. The highest BCUT2D eigenvalue weighted by Gasteiger charge is 2.15. The summed E-state index contributed by atoms with van der Waals surface area (Å²) in [6, 6.07) is 4.91. The summed E-state index contributed by atoms with van der Waals surface area (Å²) in [5.74, 6) is -1.10. The van der Waals surface area contributed by atoms with Crippen molar-refractivity contribution in [1.29, 1.82) is 0 Å². The van der Waals surface area contributed by atoms with Gasteiger partial charge in [0.25, 0.3) is 0 Å². The summed E-state index contributed by atoms with van der Waals surface area (Å²) in [7, 11) is 0. The molecule has 0 aliphatic carbocycles. The third-order valence-electron chi connectivity index (χ3n) is 3.23. The van der Waals surface area contributed by atoms with Gasteiger partial charge in [0.15, 0.2) is 5.78 Å². The van der Waals surface area contributed by atoms with E-state index in [2.05, 4.69) is 15.6 Å². The number of Topliss-reactive ketones (excluding diaryl/α,β-unsaturated/α-hetero) is 1. The van der Waals surface area contributed by atoms with Gasteiger partial charge in [0.1, 0.15) is 17.4 Å². The zero-order valence-electron chi connectivity index (χ0n) is 12.8. The fourth-order valence-corrected chi connectivity index (χ4v) is 2.16. The highest BCUT2D eigenvalue weighted by Crippen LogP contribution is 2.26. The normalized spacial score (nSPS) is 10.3. The monoisotopic (exact) mass is 351 g/mol. The summed E-state index contributed by atoms with van der Waals surface area (Å²) in [5, 5.41) is 15.4. The Morgan fingerprint density at radius 3 is 2.67 bits per heavy atom. The molecule has 0 fully saturated rings. The fourth-order valence-electron chi connectivity index (χ4n) is 2.04. The fraction of sp³-hybridized carbons (Fsp3) is 0.188. The van der Waals surface area contributed by atoms with Crippen molar-refractivity contribution in [3.8, 4) is 5.75 Å². The molecule has 0 saturated carbocycles. The summed E-state index contributed by atoms with van der Waals surface area (Å²) in [4.78, 5) is 27.0. The van der Waals surface area contributed by atoms with Gasteiger partial charge < -0.3 is 10.4 Å². The number of carbonyl (C=O) groups is 2. The number of halogens is 2. The van der Waals surface area contributed by atoms with Gasteiger partial charge in [-0.15, -0.1) is 0 Å². The van der Waals surface area contributed by atoms with Gasteiger partial charge in [-0.3, -0.25) is 10.1 Å². The van der Waals surface area contributed by atoms with Crippen LogP contribution in [0.2, 0.25) is 5.02 Å². The van der Waals surface area contributed by atoms with Gasteiger partial charge >= 0.3 is 6.03 Å². The number of amides is 2. The molecule has 1 heterocycles. The van der Waals surface area contributed by atoms with Gasteiger partial charge in [-0.05, 0) is 37.6 Å². The SMILES string of the molecule is CC(=O)c1ccc(F)c(CCNC(=O)Nc2ccc(Cl)cn2)c1O. The van der Waals surface area contributed by atoms with Gasteiger partial charge in [-0.25, -0.2) is 14.2 Å². The number of nitrogens with one attached hydrogen (secondary N) is 2. The van der Waals surface area contributed by atoms with E-state index in [1.165, 1.54) is 25.3 Å². The summed E-state index contributed by atoms with van der Waals surface area (Å²) in [5.41, 5.74) is 0.0221. The topological polar surface area (TPSA) is 91.3 Å². The first-order valence-electron chi connectivity index (χ1n) is 7.06. The number of hydrogen-bond donors (Lipinski definition) is 3. The number of anilines is 1. The summed E-state index contributed by atoms with van der Waals surface area (Å²) in [6.45, 7) is 1.34. The van der Waals surface area contributed by atoms with Crippen molar-refractivity contribution < 1.29 is 19.1 Å². The Morgan fingerprint density at radius 2 is 2.04 bits per heavy atom. The molecule has 1 aromatic heterocycles. The Labute approximate surface area is 142 Å². The maximum atomic E-state index is 13.8. The molecule has 0 aliphatic heterocycles. The lowest BCUT2D eigenvalue weighted by Gasteiger charge is -2.10. The van der Waals surface area contributed by atoms with Crippen LogP contribution in [-0.4, -0.2) is 28.4 Å². The first kappa shape index (κ1) is 17.7. The van der Waals surface area contributed by atoms with Gasteiger partial charge in [0.05, 0.1) is 10.6 Å². The molecule has 1 aromatic carbocycles. The number of rotatable bonds is 5. The van der Waals surface area contributed by atoms with Crippen molar-refractivity contribution in [2.24, 2.45) is 0 Å². The summed E-state index contributed by atoms with van der Waals surface area (Å²) >= 11 is 5.69. The molecule has 0 aliphatic rings. The number of aromatic hydroxyl groups is 1. The molecule has 0 bridgehead atoms. The van der Waals surface area contributed by atoms with Gasteiger partial charge in [0.2, 0.25) is 0 Å². The van der Waals surface area contributed by atoms with E-state index < -0.39 is 17.6 Å². The number of pyridine rings is 1. The minimum atomic E-state index is -0.640. The van der Waals surface area contributed by atoms with Crippen LogP contribution in [0.5, 0.6) is 5.75 Å². The van der Waals surface area contributed by atoms with Crippen molar-refractivity contribution in [3.63, 3.8) is 0 Å². The largest absolute Gasteiger partial charge is 0.507 e. The maximum absolute atomic E-state index is 13.8. The second-order valence-corrected chi connectivity index (χ2v) is 5.41. The van der Waals surface area contributed by atoms with Crippen molar-refractivity contribution in [2.75, 3.05) is 11.9 Å². The number of nitrogens with zero attached hydrogens (tertiary/aromatic N) is 1. The number of phenolic OH excluding ortho intramolecular Hbond substituents is 1. The van der Waals surface area contributed by atoms with E-state index in [-0.39, 0.29) is 29.9 Å². The summed E-state index contributed by atoms with van der Waals surface area (Å²) in [6.07, 6.45) is 1.41. The number of ketones is 1. The zero-order valence-corrected chi connectivity index (χ0v) is 13.5. The molecule has 2 rings (SSSR count). The van der Waals surface area contributed by atoms with Crippen molar-refractivity contribution in [3.05, 3.63) is 52.4 Å². The third-order valence-corrected chi connectivity index (χ3v) is 3.46. The molecule has 3 N–H and O–H groups in total. The molecule has 24 heavy (non-hydrogen) atoms. The van der Waals surface area contributed by atoms with Crippen LogP contribution in [0.1, 0.15) is 22.8 Å². The van der Waals surface area contributed by atoms with Crippen LogP contribution in [-0.2, 0) is 6.42 Å². The number of carbonyl (C=O) groups excluding carboxylic acids is 2. The number of hydrogen-bond acceptors (Lipinski definition) is 4. The van der Waals surface area contributed by atoms with Gasteiger partial charge in [0, 0.05) is 18.3 Å². The molecule has 126 valence electrons. The Kier molecular flexibility index (Phi) is 5.70. The molecular weight excluding hydrogens is 337 g/mol. The Morgan fingerprint density at radius 1 is 1.29 bits per heavy atom. The van der Waals surface area contributed by atoms with Gasteiger partial charge in [-0.2, -0.15) is 0 Å². The van der Waals surface area contributed by atoms with E-state index in [9.17, 15) is 19.1 Å². The highest BCUT2D eigenvalue weighted by atomic mass is 35.5. The quantitative estimate of drug-likeness (QED) is 0.722. The van der Waals surface area contributed by atoms with E-state index in [1.54, 1.807) is 6.07 Å². The van der Waals surface area contributed by atoms with E-state index in [1.807, 2.05) is 0 Å². The molecule has 2 amide bonds. The van der Waals surface area contributed by atoms with Crippen molar-refractivity contribution in [2.45, 2.75) is 13.3 Å². The predicted octanol–water partition coefficient (Wildman–Crippen LogP) is 3.15. The zero-order chi connectivity index (χ0) is 17.7. The molecule has 8 heteroatoms. The highest BCUT2D eigenvalue weighted by molar-refractivity contribution is 6.30. The minimum Gasteiger partial charge on any atom is -0.507 e. The van der Waals surface area contributed by atoms with E-state index >= 15 is 0 Å². The standard InChI is InChI=1S/C16H15ClFN3O3/c1-9(22)11-3-4-13(18)12(15(11)23)6-7-19-16(24)21-14-5-2-10(17)8-20-14/h2-5,8,23H,6-7H2,1H3,(H2,19,20,21,24). The molecule has 0 unspecified atom stereocenters. The molecule has 0 spiro atoms. The molecule has 6 nitrogen and oxygen atoms in total. The molecule has 2 aromatic rings. The number of aromatic nitrogens is 1. The van der Waals surface area contributed by atoms with Gasteiger partial charge in [-0.1, -0.05) is 11.6 Å². The first-order chi connectivity index (χ1) is 11.4. The van der Waals surface area contributed by atoms with Crippen molar-refractivity contribution in [1.82, 2.24) is 10.3 Å². The number of urea groups is 1. The van der Waals surface area contributed by atoms with Crippen LogP contribution in [0.3, 0.4) is 0 Å². The van der Waals surface area contributed by atoms with E-state index in [0.29, 0.717) is 10.8 Å². The predicted molar refractivity (Wildman–Crippen MR) is 88.0 cm³/mol. The van der Waals surface area contributed by atoms with Crippen molar-refractivity contribution >= 4 is 29.2 Å². The van der Waals surface area contributed by atoms with E-state index in [0.717, 1.165) is 6.07 Å². The molecular formula is C16H15ClFN3O3.